The van der Waals surface area contributed by atoms with E-state index in [0.717, 1.165) is 5.75 Å². The summed E-state index contributed by atoms with van der Waals surface area (Å²) in [4.78, 5) is 0. The minimum absolute atomic E-state index is 0.0363. The van der Waals surface area contributed by atoms with Gasteiger partial charge in [-0.05, 0) is 43.4 Å². The molecule has 2 atom stereocenters. The van der Waals surface area contributed by atoms with Crippen LogP contribution in [0.3, 0.4) is 0 Å². The Morgan fingerprint density at radius 3 is 2.18 bits per heavy atom. The zero-order valence-corrected chi connectivity index (χ0v) is 11.9. The smallest absolute Gasteiger partial charge is 0.122 e. The number of aryl methyl sites for hydroxylation is 1. The van der Waals surface area contributed by atoms with Crippen LogP contribution >= 0.6 is 0 Å². The lowest BCUT2D eigenvalue weighted by atomic mass is 9.86. The molecule has 0 aliphatic heterocycles. The maximum Gasteiger partial charge on any atom is 0.122 e. The summed E-state index contributed by atoms with van der Waals surface area (Å²) in [5, 5.41) is 0. The van der Waals surface area contributed by atoms with E-state index in [1.165, 1.54) is 11.1 Å². The van der Waals surface area contributed by atoms with E-state index < -0.39 is 0 Å². The van der Waals surface area contributed by atoms with Gasteiger partial charge < -0.3 is 10.5 Å². The van der Waals surface area contributed by atoms with Crippen LogP contribution in [0.25, 0.3) is 0 Å². The SMILES string of the molecule is Cc1cc(C(C)(C)C)ccc1OC(C)[C@H](C)N. The van der Waals surface area contributed by atoms with Gasteiger partial charge in [0.05, 0.1) is 0 Å². The Morgan fingerprint density at radius 1 is 1.18 bits per heavy atom. The molecular formula is C15H25NO. The Kier molecular flexibility index (Phi) is 4.21. The second-order valence-electron chi connectivity index (χ2n) is 5.91. The van der Waals surface area contributed by atoms with E-state index in [1.807, 2.05) is 13.8 Å². The molecule has 2 nitrogen and oxygen atoms in total. The molecule has 0 fully saturated rings. The fourth-order valence-corrected chi connectivity index (χ4v) is 1.56. The first kappa shape index (κ1) is 14.0. The maximum atomic E-state index is 5.85. The summed E-state index contributed by atoms with van der Waals surface area (Å²) in [5.74, 6) is 0.933. The highest BCUT2D eigenvalue weighted by Gasteiger charge is 2.16. The molecule has 0 amide bonds. The molecule has 1 aromatic rings. The maximum absolute atomic E-state index is 5.85. The third kappa shape index (κ3) is 3.74. The highest BCUT2D eigenvalue weighted by molar-refractivity contribution is 5.38. The first-order valence-corrected chi connectivity index (χ1v) is 6.25. The Balaban J connectivity index is 2.91. The highest BCUT2D eigenvalue weighted by Crippen LogP contribution is 2.28. The lowest BCUT2D eigenvalue weighted by molar-refractivity contribution is 0.195. The van der Waals surface area contributed by atoms with Gasteiger partial charge in [0.2, 0.25) is 0 Å². The lowest BCUT2D eigenvalue weighted by Gasteiger charge is -2.23. The topological polar surface area (TPSA) is 35.2 Å². The Morgan fingerprint density at radius 2 is 1.76 bits per heavy atom. The predicted molar refractivity (Wildman–Crippen MR) is 73.6 cm³/mol. The van der Waals surface area contributed by atoms with Gasteiger partial charge in [-0.3, -0.25) is 0 Å². The van der Waals surface area contributed by atoms with Crippen molar-refractivity contribution in [3.8, 4) is 5.75 Å². The Hall–Kier alpha value is -1.02. The number of rotatable bonds is 3. The zero-order chi connectivity index (χ0) is 13.2. The molecular weight excluding hydrogens is 210 g/mol. The average Bonchev–Trinajstić information content (AvgIpc) is 2.19. The van der Waals surface area contributed by atoms with Gasteiger partial charge >= 0.3 is 0 Å². The fourth-order valence-electron chi connectivity index (χ4n) is 1.56. The molecule has 0 aliphatic carbocycles. The first-order valence-electron chi connectivity index (χ1n) is 6.25. The van der Waals surface area contributed by atoms with Gasteiger partial charge in [-0.15, -0.1) is 0 Å². The number of hydrogen-bond donors (Lipinski definition) is 1. The Bertz CT molecular complexity index is 377. The molecule has 17 heavy (non-hydrogen) atoms. The standard InChI is InChI=1S/C15H25NO/c1-10-9-13(15(4,5)6)7-8-14(10)17-12(3)11(2)16/h7-9,11-12H,16H2,1-6H3/t11-,12?/m0/s1. The van der Waals surface area contributed by atoms with Gasteiger partial charge in [-0.1, -0.05) is 32.9 Å². The summed E-state index contributed by atoms with van der Waals surface area (Å²) < 4.78 is 5.85. The van der Waals surface area contributed by atoms with Gasteiger partial charge in [0.25, 0.3) is 0 Å². The Labute approximate surface area is 105 Å². The molecule has 2 N–H and O–H groups in total. The summed E-state index contributed by atoms with van der Waals surface area (Å²) in [6, 6.07) is 6.42. The molecule has 0 aromatic heterocycles. The van der Waals surface area contributed by atoms with Crippen LogP contribution in [0.1, 0.15) is 45.7 Å². The number of hydrogen-bond acceptors (Lipinski definition) is 2. The van der Waals surface area contributed by atoms with E-state index in [1.54, 1.807) is 0 Å². The first-order chi connectivity index (χ1) is 7.71. The van der Waals surface area contributed by atoms with E-state index in [-0.39, 0.29) is 17.6 Å². The second kappa shape index (κ2) is 5.09. The van der Waals surface area contributed by atoms with E-state index in [4.69, 9.17) is 10.5 Å². The molecule has 0 heterocycles. The molecule has 0 saturated heterocycles. The largest absolute Gasteiger partial charge is 0.489 e. The van der Waals surface area contributed by atoms with Gasteiger partial charge in [0.1, 0.15) is 11.9 Å². The second-order valence-corrected chi connectivity index (χ2v) is 5.91. The molecule has 0 saturated carbocycles. The van der Waals surface area contributed by atoms with Crippen molar-refractivity contribution < 1.29 is 4.74 Å². The van der Waals surface area contributed by atoms with Crippen molar-refractivity contribution in [3.05, 3.63) is 29.3 Å². The minimum atomic E-state index is 0.0363. The van der Waals surface area contributed by atoms with Crippen LogP contribution in [0, 0.1) is 6.92 Å². The molecule has 0 spiro atoms. The van der Waals surface area contributed by atoms with Crippen LogP contribution in [0.4, 0.5) is 0 Å². The van der Waals surface area contributed by atoms with Crippen LogP contribution in [0.5, 0.6) is 5.75 Å². The molecule has 0 bridgehead atoms. The van der Waals surface area contributed by atoms with Crippen LogP contribution in [-0.4, -0.2) is 12.1 Å². The van der Waals surface area contributed by atoms with E-state index in [2.05, 4.69) is 45.9 Å². The molecule has 0 radical (unpaired) electrons. The number of ether oxygens (including phenoxy) is 1. The quantitative estimate of drug-likeness (QED) is 0.871. The third-order valence-corrected chi connectivity index (χ3v) is 3.09. The summed E-state index contributed by atoms with van der Waals surface area (Å²) in [6.45, 7) is 12.7. The summed E-state index contributed by atoms with van der Waals surface area (Å²) in [5.41, 5.74) is 8.49. The third-order valence-electron chi connectivity index (χ3n) is 3.09. The molecule has 1 aromatic carbocycles. The normalized spacial score (nSPS) is 15.5. The molecule has 2 heteroatoms. The van der Waals surface area contributed by atoms with E-state index in [0.29, 0.717) is 0 Å². The van der Waals surface area contributed by atoms with Crippen molar-refractivity contribution in [3.63, 3.8) is 0 Å². The molecule has 0 aliphatic rings. The summed E-state index contributed by atoms with van der Waals surface area (Å²) >= 11 is 0. The van der Waals surface area contributed by atoms with Crippen molar-refractivity contribution in [1.82, 2.24) is 0 Å². The van der Waals surface area contributed by atoms with Gasteiger partial charge in [-0.25, -0.2) is 0 Å². The lowest BCUT2D eigenvalue weighted by Crippen LogP contribution is -2.33. The molecule has 1 unspecified atom stereocenters. The van der Waals surface area contributed by atoms with Crippen molar-refractivity contribution in [1.29, 1.82) is 0 Å². The minimum Gasteiger partial charge on any atom is -0.489 e. The van der Waals surface area contributed by atoms with Crippen LogP contribution < -0.4 is 10.5 Å². The van der Waals surface area contributed by atoms with Crippen LogP contribution in [0.15, 0.2) is 18.2 Å². The van der Waals surface area contributed by atoms with Crippen molar-refractivity contribution >= 4 is 0 Å². The number of benzene rings is 1. The summed E-state index contributed by atoms with van der Waals surface area (Å²) in [6.07, 6.45) is 0.0363. The van der Waals surface area contributed by atoms with Crippen molar-refractivity contribution in [2.45, 2.75) is 59.1 Å². The summed E-state index contributed by atoms with van der Waals surface area (Å²) in [7, 11) is 0. The highest BCUT2D eigenvalue weighted by atomic mass is 16.5. The molecule has 96 valence electrons. The van der Waals surface area contributed by atoms with Crippen molar-refractivity contribution in [2.75, 3.05) is 0 Å². The van der Waals surface area contributed by atoms with E-state index >= 15 is 0 Å². The molecule has 1 rings (SSSR count). The van der Waals surface area contributed by atoms with Gasteiger partial charge in [0, 0.05) is 6.04 Å². The van der Waals surface area contributed by atoms with E-state index in [9.17, 15) is 0 Å². The predicted octanol–water partition coefficient (Wildman–Crippen LogP) is 3.41. The van der Waals surface area contributed by atoms with Crippen molar-refractivity contribution in [2.24, 2.45) is 5.73 Å². The monoisotopic (exact) mass is 235 g/mol. The average molecular weight is 235 g/mol. The van der Waals surface area contributed by atoms with Crippen LogP contribution in [-0.2, 0) is 5.41 Å². The zero-order valence-electron chi connectivity index (χ0n) is 11.9. The fraction of sp³-hybridized carbons (Fsp3) is 0.600. The van der Waals surface area contributed by atoms with Gasteiger partial charge in [0.15, 0.2) is 0 Å². The van der Waals surface area contributed by atoms with Gasteiger partial charge in [-0.2, -0.15) is 0 Å². The number of nitrogens with two attached hydrogens (primary N) is 1. The van der Waals surface area contributed by atoms with Crippen LogP contribution in [0.2, 0.25) is 0 Å².